The average molecular weight is 269 g/mol. The van der Waals surface area contributed by atoms with Gasteiger partial charge in [0.15, 0.2) is 0 Å². The molecule has 1 aromatic carbocycles. The van der Waals surface area contributed by atoms with Crippen molar-refractivity contribution in [2.24, 2.45) is 5.84 Å². The van der Waals surface area contributed by atoms with Crippen molar-refractivity contribution in [3.05, 3.63) is 52.8 Å². The van der Waals surface area contributed by atoms with E-state index in [0.29, 0.717) is 10.6 Å². The molecule has 18 heavy (non-hydrogen) atoms. The molecule has 0 fully saturated rings. The number of aromatic nitrogens is 2. The first-order valence-corrected chi connectivity index (χ1v) is 5.97. The van der Waals surface area contributed by atoms with Crippen molar-refractivity contribution in [3.8, 4) is 0 Å². The highest BCUT2D eigenvalue weighted by Gasteiger charge is 2.20. The normalized spacial score (nSPS) is 12.7. The second-order valence-corrected chi connectivity index (χ2v) is 4.24. The first kappa shape index (κ1) is 13.0. The van der Waals surface area contributed by atoms with Crippen LogP contribution >= 0.6 is 11.6 Å². The molecule has 1 aromatic heterocycles. The SMILES string of the molecule is CCn1ccnc1C(NN)c1ccc(F)cc1Cl. The van der Waals surface area contributed by atoms with Crippen molar-refractivity contribution in [1.82, 2.24) is 15.0 Å². The largest absolute Gasteiger partial charge is 0.334 e. The highest BCUT2D eigenvalue weighted by molar-refractivity contribution is 6.31. The van der Waals surface area contributed by atoms with Gasteiger partial charge in [-0.05, 0) is 24.6 Å². The van der Waals surface area contributed by atoms with Crippen LogP contribution in [0.15, 0.2) is 30.6 Å². The van der Waals surface area contributed by atoms with Gasteiger partial charge >= 0.3 is 0 Å². The molecule has 0 aliphatic heterocycles. The summed E-state index contributed by atoms with van der Waals surface area (Å²) in [5.74, 6) is 5.94. The summed E-state index contributed by atoms with van der Waals surface area (Å²) in [6.45, 7) is 2.78. The summed E-state index contributed by atoms with van der Waals surface area (Å²) in [5, 5.41) is 0.323. The quantitative estimate of drug-likeness (QED) is 0.661. The molecule has 2 aromatic rings. The number of nitrogens with zero attached hydrogens (tertiary/aromatic N) is 2. The van der Waals surface area contributed by atoms with E-state index in [4.69, 9.17) is 17.4 Å². The number of rotatable bonds is 4. The monoisotopic (exact) mass is 268 g/mol. The highest BCUT2D eigenvalue weighted by atomic mass is 35.5. The van der Waals surface area contributed by atoms with Crippen LogP contribution in [0.4, 0.5) is 4.39 Å². The standard InChI is InChI=1S/C12H14ClFN4/c1-2-18-6-5-16-12(18)11(17-15)9-4-3-8(14)7-10(9)13/h3-7,11,17H,2,15H2,1H3. The van der Waals surface area contributed by atoms with Gasteiger partial charge in [0.2, 0.25) is 0 Å². The number of halogens is 2. The molecule has 0 amide bonds. The minimum atomic E-state index is -0.377. The Hall–Kier alpha value is -1.43. The van der Waals surface area contributed by atoms with Gasteiger partial charge in [-0.15, -0.1) is 0 Å². The zero-order chi connectivity index (χ0) is 13.1. The molecule has 0 radical (unpaired) electrons. The molecule has 96 valence electrons. The molecular formula is C12H14ClFN4. The van der Waals surface area contributed by atoms with Gasteiger partial charge in [-0.2, -0.15) is 0 Å². The molecule has 3 N–H and O–H groups in total. The zero-order valence-corrected chi connectivity index (χ0v) is 10.7. The lowest BCUT2D eigenvalue weighted by molar-refractivity contribution is 0.558. The smallest absolute Gasteiger partial charge is 0.131 e. The summed E-state index contributed by atoms with van der Waals surface area (Å²) in [5.41, 5.74) is 3.36. The Kier molecular flexibility index (Phi) is 3.96. The molecule has 0 aliphatic carbocycles. The Morgan fingerprint density at radius 3 is 2.94 bits per heavy atom. The van der Waals surface area contributed by atoms with E-state index in [0.717, 1.165) is 12.4 Å². The third-order valence-corrected chi connectivity index (χ3v) is 3.11. The molecule has 0 spiro atoms. The molecule has 2 rings (SSSR count). The number of aryl methyl sites for hydroxylation is 1. The van der Waals surface area contributed by atoms with E-state index in [-0.39, 0.29) is 11.9 Å². The van der Waals surface area contributed by atoms with Crippen molar-refractivity contribution >= 4 is 11.6 Å². The van der Waals surface area contributed by atoms with Gasteiger partial charge in [-0.25, -0.2) is 14.8 Å². The molecule has 0 bridgehead atoms. The van der Waals surface area contributed by atoms with Crippen LogP contribution in [-0.4, -0.2) is 9.55 Å². The fourth-order valence-electron chi connectivity index (χ4n) is 1.89. The van der Waals surface area contributed by atoms with Gasteiger partial charge in [0.05, 0.1) is 0 Å². The molecule has 6 heteroatoms. The van der Waals surface area contributed by atoms with Gasteiger partial charge < -0.3 is 4.57 Å². The third-order valence-electron chi connectivity index (χ3n) is 2.79. The lowest BCUT2D eigenvalue weighted by Gasteiger charge is -2.18. The first-order valence-electron chi connectivity index (χ1n) is 5.59. The van der Waals surface area contributed by atoms with Crippen LogP contribution in [0.3, 0.4) is 0 Å². The predicted molar refractivity (Wildman–Crippen MR) is 68.5 cm³/mol. The maximum atomic E-state index is 13.0. The average Bonchev–Trinajstić information content (AvgIpc) is 2.81. The van der Waals surface area contributed by atoms with E-state index in [9.17, 15) is 4.39 Å². The topological polar surface area (TPSA) is 55.9 Å². The van der Waals surface area contributed by atoms with Crippen LogP contribution in [-0.2, 0) is 6.54 Å². The van der Waals surface area contributed by atoms with Crippen LogP contribution < -0.4 is 11.3 Å². The number of hydrazine groups is 1. The molecule has 1 heterocycles. The van der Waals surface area contributed by atoms with Gasteiger partial charge in [0.1, 0.15) is 17.7 Å². The first-order chi connectivity index (χ1) is 8.67. The fraction of sp³-hybridized carbons (Fsp3) is 0.250. The molecule has 0 saturated carbocycles. The third kappa shape index (κ3) is 2.38. The summed E-state index contributed by atoms with van der Waals surface area (Å²) >= 11 is 6.04. The predicted octanol–water partition coefficient (Wildman–Crippen LogP) is 2.25. The Morgan fingerprint density at radius 1 is 1.56 bits per heavy atom. The number of imidazole rings is 1. The summed E-state index contributed by atoms with van der Waals surface area (Å²) in [4.78, 5) is 4.27. The lowest BCUT2D eigenvalue weighted by atomic mass is 10.1. The van der Waals surface area contributed by atoms with E-state index in [1.807, 2.05) is 17.7 Å². The number of hydrogen-bond donors (Lipinski definition) is 2. The summed E-state index contributed by atoms with van der Waals surface area (Å²) in [6.07, 6.45) is 3.55. The number of benzene rings is 1. The van der Waals surface area contributed by atoms with E-state index >= 15 is 0 Å². The molecule has 4 nitrogen and oxygen atoms in total. The van der Waals surface area contributed by atoms with Crippen LogP contribution in [0.5, 0.6) is 0 Å². The maximum absolute atomic E-state index is 13.0. The van der Waals surface area contributed by atoms with Gasteiger partial charge in [0.25, 0.3) is 0 Å². The van der Waals surface area contributed by atoms with Crippen LogP contribution in [0.25, 0.3) is 0 Å². The van der Waals surface area contributed by atoms with Crippen molar-refractivity contribution in [3.63, 3.8) is 0 Å². The minimum absolute atomic E-state index is 0.323. The van der Waals surface area contributed by atoms with Crippen LogP contribution in [0.2, 0.25) is 5.02 Å². The molecular weight excluding hydrogens is 255 g/mol. The van der Waals surface area contributed by atoms with Gasteiger partial charge in [0, 0.05) is 24.0 Å². The summed E-state index contributed by atoms with van der Waals surface area (Å²) in [7, 11) is 0. The number of hydrogen-bond acceptors (Lipinski definition) is 3. The Morgan fingerprint density at radius 2 is 2.33 bits per heavy atom. The second kappa shape index (κ2) is 5.48. The fourth-order valence-corrected chi connectivity index (χ4v) is 2.16. The van der Waals surface area contributed by atoms with Crippen molar-refractivity contribution < 1.29 is 4.39 Å². The number of nitrogens with two attached hydrogens (primary N) is 1. The van der Waals surface area contributed by atoms with E-state index in [1.165, 1.54) is 12.1 Å². The molecule has 0 aliphatic rings. The second-order valence-electron chi connectivity index (χ2n) is 3.84. The summed E-state index contributed by atoms with van der Waals surface area (Å²) in [6, 6.07) is 3.86. The molecule has 1 atom stereocenters. The van der Waals surface area contributed by atoms with Crippen LogP contribution in [0.1, 0.15) is 24.4 Å². The Labute approximate surface area is 110 Å². The minimum Gasteiger partial charge on any atom is -0.334 e. The lowest BCUT2D eigenvalue weighted by Crippen LogP contribution is -2.31. The van der Waals surface area contributed by atoms with E-state index in [1.54, 1.807) is 12.3 Å². The van der Waals surface area contributed by atoms with Gasteiger partial charge in [-0.1, -0.05) is 17.7 Å². The van der Waals surface area contributed by atoms with Crippen LogP contribution in [0, 0.1) is 5.82 Å². The van der Waals surface area contributed by atoms with Crippen molar-refractivity contribution in [2.45, 2.75) is 19.5 Å². The van der Waals surface area contributed by atoms with Crippen molar-refractivity contribution in [1.29, 1.82) is 0 Å². The Bertz CT molecular complexity index is 541. The highest BCUT2D eigenvalue weighted by Crippen LogP contribution is 2.27. The maximum Gasteiger partial charge on any atom is 0.131 e. The van der Waals surface area contributed by atoms with Crippen molar-refractivity contribution in [2.75, 3.05) is 0 Å². The zero-order valence-electron chi connectivity index (χ0n) is 9.90. The van der Waals surface area contributed by atoms with Gasteiger partial charge in [-0.3, -0.25) is 5.84 Å². The molecule has 0 saturated heterocycles. The Balaban J connectivity index is 2.45. The number of nitrogens with one attached hydrogen (secondary N) is 1. The molecule has 1 unspecified atom stereocenters. The summed E-state index contributed by atoms with van der Waals surface area (Å²) < 4.78 is 15.0. The van der Waals surface area contributed by atoms with E-state index < -0.39 is 0 Å². The van der Waals surface area contributed by atoms with E-state index in [2.05, 4.69) is 10.4 Å².